The van der Waals surface area contributed by atoms with Crippen molar-refractivity contribution in [3.63, 3.8) is 0 Å². The molecule has 0 radical (unpaired) electrons. The van der Waals surface area contributed by atoms with E-state index in [2.05, 4.69) is 16.7 Å². The average molecular weight is 276 g/mol. The van der Waals surface area contributed by atoms with Gasteiger partial charge in [-0.15, -0.1) is 0 Å². The van der Waals surface area contributed by atoms with E-state index in [-0.39, 0.29) is 18.1 Å². The Kier molecular flexibility index (Phi) is 4.78. The molecule has 0 spiro atoms. The quantitative estimate of drug-likeness (QED) is 0.840. The SMILES string of the molecule is CC(C)(C)OCC(=O)Nc1cccc(CNC2CC2)c1. The number of rotatable bonds is 6. The highest BCUT2D eigenvalue weighted by molar-refractivity contribution is 5.91. The van der Waals surface area contributed by atoms with Crippen molar-refractivity contribution in [3.05, 3.63) is 29.8 Å². The zero-order valence-corrected chi connectivity index (χ0v) is 12.5. The van der Waals surface area contributed by atoms with Gasteiger partial charge in [0.15, 0.2) is 0 Å². The van der Waals surface area contributed by atoms with Crippen molar-refractivity contribution in [2.75, 3.05) is 11.9 Å². The van der Waals surface area contributed by atoms with E-state index in [0.29, 0.717) is 6.04 Å². The number of nitrogens with one attached hydrogen (secondary N) is 2. The van der Waals surface area contributed by atoms with E-state index in [1.807, 2.05) is 39.0 Å². The summed E-state index contributed by atoms with van der Waals surface area (Å²) in [4.78, 5) is 11.8. The van der Waals surface area contributed by atoms with Crippen LogP contribution >= 0.6 is 0 Å². The summed E-state index contributed by atoms with van der Waals surface area (Å²) in [5, 5.41) is 6.33. The van der Waals surface area contributed by atoms with Gasteiger partial charge >= 0.3 is 0 Å². The summed E-state index contributed by atoms with van der Waals surface area (Å²) in [6.45, 7) is 6.74. The molecule has 110 valence electrons. The van der Waals surface area contributed by atoms with E-state index in [0.717, 1.165) is 12.2 Å². The zero-order chi connectivity index (χ0) is 14.6. The Morgan fingerprint density at radius 1 is 1.35 bits per heavy atom. The van der Waals surface area contributed by atoms with Crippen molar-refractivity contribution < 1.29 is 9.53 Å². The van der Waals surface area contributed by atoms with Crippen molar-refractivity contribution in [1.82, 2.24) is 5.32 Å². The van der Waals surface area contributed by atoms with E-state index in [1.54, 1.807) is 0 Å². The van der Waals surface area contributed by atoms with E-state index in [4.69, 9.17) is 4.74 Å². The van der Waals surface area contributed by atoms with Crippen molar-refractivity contribution in [3.8, 4) is 0 Å². The van der Waals surface area contributed by atoms with Gasteiger partial charge in [0.25, 0.3) is 0 Å². The van der Waals surface area contributed by atoms with Crippen LogP contribution in [0.3, 0.4) is 0 Å². The molecule has 0 unspecified atom stereocenters. The lowest BCUT2D eigenvalue weighted by molar-refractivity contribution is -0.125. The Morgan fingerprint density at radius 2 is 2.10 bits per heavy atom. The van der Waals surface area contributed by atoms with E-state index in [9.17, 15) is 4.79 Å². The first-order chi connectivity index (χ1) is 9.42. The van der Waals surface area contributed by atoms with Crippen LogP contribution in [-0.4, -0.2) is 24.2 Å². The van der Waals surface area contributed by atoms with Gasteiger partial charge in [0, 0.05) is 18.3 Å². The Morgan fingerprint density at radius 3 is 2.75 bits per heavy atom. The molecule has 4 heteroatoms. The van der Waals surface area contributed by atoms with Crippen LogP contribution in [-0.2, 0) is 16.1 Å². The Hall–Kier alpha value is -1.39. The number of benzene rings is 1. The molecule has 1 aromatic rings. The van der Waals surface area contributed by atoms with Crippen molar-refractivity contribution in [1.29, 1.82) is 0 Å². The summed E-state index contributed by atoms with van der Waals surface area (Å²) in [6, 6.07) is 8.62. The van der Waals surface area contributed by atoms with Gasteiger partial charge in [-0.2, -0.15) is 0 Å². The first kappa shape index (κ1) is 15.0. The molecule has 1 amide bonds. The minimum Gasteiger partial charge on any atom is -0.366 e. The molecule has 4 nitrogen and oxygen atoms in total. The third-order valence-electron chi connectivity index (χ3n) is 3.02. The van der Waals surface area contributed by atoms with Crippen LogP contribution in [0.5, 0.6) is 0 Å². The minimum absolute atomic E-state index is 0.0774. The zero-order valence-electron chi connectivity index (χ0n) is 12.5. The Bertz CT molecular complexity index is 462. The molecule has 1 saturated carbocycles. The third-order valence-corrected chi connectivity index (χ3v) is 3.02. The number of hydrogen-bond acceptors (Lipinski definition) is 3. The van der Waals surface area contributed by atoms with Crippen LogP contribution < -0.4 is 10.6 Å². The molecule has 1 aliphatic rings. The topological polar surface area (TPSA) is 50.4 Å². The largest absolute Gasteiger partial charge is 0.366 e. The maximum atomic E-state index is 11.8. The smallest absolute Gasteiger partial charge is 0.250 e. The fourth-order valence-electron chi connectivity index (χ4n) is 1.79. The van der Waals surface area contributed by atoms with Gasteiger partial charge in [-0.3, -0.25) is 4.79 Å². The predicted octanol–water partition coefficient (Wildman–Crippen LogP) is 2.69. The minimum atomic E-state index is -0.298. The fraction of sp³-hybridized carbons (Fsp3) is 0.562. The van der Waals surface area contributed by atoms with Crippen LogP contribution in [0.25, 0.3) is 0 Å². The summed E-state index contributed by atoms with van der Waals surface area (Å²) in [7, 11) is 0. The van der Waals surface area contributed by atoms with Crippen LogP contribution in [0.4, 0.5) is 5.69 Å². The fourth-order valence-corrected chi connectivity index (χ4v) is 1.79. The van der Waals surface area contributed by atoms with Gasteiger partial charge in [0.05, 0.1) is 5.60 Å². The Balaban J connectivity index is 1.81. The van der Waals surface area contributed by atoms with E-state index < -0.39 is 0 Å². The summed E-state index contributed by atoms with van der Waals surface area (Å²) < 4.78 is 5.46. The molecule has 1 aromatic carbocycles. The highest BCUT2D eigenvalue weighted by Gasteiger charge is 2.19. The van der Waals surface area contributed by atoms with Crippen LogP contribution in [0.2, 0.25) is 0 Å². The second-order valence-electron chi connectivity index (χ2n) is 6.30. The number of ether oxygens (including phenoxy) is 1. The molecular formula is C16H24N2O2. The van der Waals surface area contributed by atoms with Gasteiger partial charge in [-0.1, -0.05) is 12.1 Å². The molecule has 2 N–H and O–H groups in total. The highest BCUT2D eigenvalue weighted by atomic mass is 16.5. The van der Waals surface area contributed by atoms with Crippen LogP contribution in [0, 0.1) is 0 Å². The first-order valence-electron chi connectivity index (χ1n) is 7.18. The second kappa shape index (κ2) is 6.37. The second-order valence-corrected chi connectivity index (χ2v) is 6.30. The molecule has 2 rings (SSSR count). The predicted molar refractivity (Wildman–Crippen MR) is 80.6 cm³/mol. The number of amides is 1. The van der Waals surface area contributed by atoms with Crippen LogP contribution in [0.15, 0.2) is 24.3 Å². The third kappa shape index (κ3) is 5.72. The normalized spacial score (nSPS) is 15.2. The van der Waals surface area contributed by atoms with Crippen molar-refractivity contribution in [2.24, 2.45) is 0 Å². The maximum absolute atomic E-state index is 11.8. The van der Waals surface area contributed by atoms with Crippen molar-refractivity contribution in [2.45, 2.75) is 51.8 Å². The van der Waals surface area contributed by atoms with Crippen molar-refractivity contribution >= 4 is 11.6 Å². The molecule has 1 aliphatic carbocycles. The monoisotopic (exact) mass is 276 g/mol. The van der Waals surface area contributed by atoms with Gasteiger partial charge in [-0.25, -0.2) is 0 Å². The number of carbonyl (C=O) groups is 1. The Labute approximate surface area is 120 Å². The molecule has 0 heterocycles. The molecule has 0 bridgehead atoms. The highest BCUT2D eigenvalue weighted by Crippen LogP contribution is 2.20. The van der Waals surface area contributed by atoms with Gasteiger partial charge in [-0.05, 0) is 51.3 Å². The molecular weight excluding hydrogens is 252 g/mol. The number of hydrogen-bond donors (Lipinski definition) is 2. The molecule has 0 aromatic heterocycles. The molecule has 20 heavy (non-hydrogen) atoms. The van der Waals surface area contributed by atoms with Gasteiger partial charge in [0.2, 0.25) is 5.91 Å². The van der Waals surface area contributed by atoms with E-state index >= 15 is 0 Å². The summed E-state index contributed by atoms with van der Waals surface area (Å²) in [5.74, 6) is -0.118. The maximum Gasteiger partial charge on any atom is 0.250 e. The number of anilines is 1. The molecule has 0 saturated heterocycles. The standard InChI is InChI=1S/C16H24N2O2/c1-16(2,3)20-11-15(19)18-14-6-4-5-12(9-14)10-17-13-7-8-13/h4-6,9,13,17H,7-8,10-11H2,1-3H3,(H,18,19). The lowest BCUT2D eigenvalue weighted by Crippen LogP contribution is -2.27. The molecule has 0 atom stereocenters. The van der Waals surface area contributed by atoms with E-state index in [1.165, 1.54) is 18.4 Å². The average Bonchev–Trinajstić information content (AvgIpc) is 3.18. The summed E-state index contributed by atoms with van der Waals surface area (Å²) >= 11 is 0. The van der Waals surface area contributed by atoms with Gasteiger partial charge < -0.3 is 15.4 Å². The van der Waals surface area contributed by atoms with Crippen LogP contribution in [0.1, 0.15) is 39.2 Å². The molecule has 1 fully saturated rings. The lowest BCUT2D eigenvalue weighted by atomic mass is 10.2. The molecule has 0 aliphatic heterocycles. The number of carbonyl (C=O) groups excluding carboxylic acids is 1. The summed E-state index contributed by atoms with van der Waals surface area (Å²) in [6.07, 6.45) is 2.56. The lowest BCUT2D eigenvalue weighted by Gasteiger charge is -2.19. The summed E-state index contributed by atoms with van der Waals surface area (Å²) in [5.41, 5.74) is 1.71. The van der Waals surface area contributed by atoms with Gasteiger partial charge in [0.1, 0.15) is 6.61 Å². The first-order valence-corrected chi connectivity index (χ1v) is 7.18.